The summed E-state index contributed by atoms with van der Waals surface area (Å²) in [6.45, 7) is 4.19. The maximum Gasteiger partial charge on any atom is 0.271 e. The molecule has 3 aromatic carbocycles. The van der Waals surface area contributed by atoms with Crippen LogP contribution >= 0.6 is 15.9 Å². The fraction of sp³-hybridized carbons (Fsp3) is 0.120. The predicted octanol–water partition coefficient (Wildman–Crippen LogP) is 5.50. The zero-order chi connectivity index (χ0) is 23.6. The smallest absolute Gasteiger partial charge is 0.271 e. The summed E-state index contributed by atoms with van der Waals surface area (Å²) in [5.41, 5.74) is 4.33. The Morgan fingerprint density at radius 3 is 2.55 bits per heavy atom. The fourth-order valence-electron chi connectivity index (χ4n) is 2.80. The highest BCUT2D eigenvalue weighted by Gasteiger charge is 2.11. The first-order chi connectivity index (χ1) is 16.0. The minimum absolute atomic E-state index is 0.259. The molecule has 3 rings (SSSR count). The summed E-state index contributed by atoms with van der Waals surface area (Å²) in [7, 11) is 1.50. The lowest BCUT2D eigenvalue weighted by Crippen LogP contribution is -2.17. The van der Waals surface area contributed by atoms with Crippen molar-refractivity contribution < 1.29 is 23.4 Å². The number of methoxy groups -OCH3 is 1. The van der Waals surface area contributed by atoms with Gasteiger partial charge in [0.2, 0.25) is 0 Å². The lowest BCUT2D eigenvalue weighted by Gasteiger charge is -2.11. The van der Waals surface area contributed by atoms with Crippen molar-refractivity contribution in [3.8, 4) is 17.2 Å². The van der Waals surface area contributed by atoms with Gasteiger partial charge in [0.15, 0.2) is 11.5 Å². The van der Waals surface area contributed by atoms with E-state index in [1.54, 1.807) is 42.5 Å². The summed E-state index contributed by atoms with van der Waals surface area (Å²) >= 11 is 3.42. The third kappa shape index (κ3) is 6.92. The molecule has 0 heterocycles. The number of carbonyl (C=O) groups is 1. The van der Waals surface area contributed by atoms with Gasteiger partial charge in [-0.2, -0.15) is 5.10 Å². The number of nitrogens with one attached hydrogen (secondary N) is 1. The third-order valence-electron chi connectivity index (χ3n) is 4.43. The minimum Gasteiger partial charge on any atom is -0.493 e. The van der Waals surface area contributed by atoms with E-state index in [0.29, 0.717) is 35.0 Å². The van der Waals surface area contributed by atoms with Gasteiger partial charge >= 0.3 is 0 Å². The molecule has 0 unspecified atom stereocenters. The number of hydrazone groups is 1. The van der Waals surface area contributed by atoms with Gasteiger partial charge in [0, 0.05) is 15.6 Å². The Hall–Kier alpha value is -3.65. The van der Waals surface area contributed by atoms with E-state index in [2.05, 4.69) is 33.0 Å². The van der Waals surface area contributed by atoms with E-state index in [0.717, 1.165) is 10.0 Å². The number of rotatable bonds is 10. The van der Waals surface area contributed by atoms with Crippen LogP contribution in [0.15, 0.2) is 82.9 Å². The molecule has 0 fully saturated rings. The van der Waals surface area contributed by atoms with E-state index in [-0.39, 0.29) is 12.4 Å². The van der Waals surface area contributed by atoms with E-state index in [4.69, 9.17) is 14.2 Å². The van der Waals surface area contributed by atoms with Crippen molar-refractivity contribution in [1.82, 2.24) is 5.43 Å². The summed E-state index contributed by atoms with van der Waals surface area (Å²) in [6, 6.07) is 16.3. The van der Waals surface area contributed by atoms with Crippen LogP contribution in [0.1, 0.15) is 21.5 Å². The Kier molecular flexibility index (Phi) is 8.60. The fourth-order valence-corrected chi connectivity index (χ4v) is 3.17. The molecule has 0 atom stereocenters. The van der Waals surface area contributed by atoms with Gasteiger partial charge in [-0.25, -0.2) is 9.82 Å². The van der Waals surface area contributed by atoms with Gasteiger partial charge in [0.05, 0.1) is 13.3 Å². The van der Waals surface area contributed by atoms with Crippen LogP contribution in [0, 0.1) is 5.82 Å². The molecule has 170 valence electrons. The van der Waals surface area contributed by atoms with E-state index in [9.17, 15) is 9.18 Å². The maximum atomic E-state index is 13.1. The number of amides is 1. The van der Waals surface area contributed by atoms with Crippen molar-refractivity contribution in [2.45, 2.75) is 6.61 Å². The predicted molar refractivity (Wildman–Crippen MR) is 129 cm³/mol. The number of ether oxygens (including phenoxy) is 3. The van der Waals surface area contributed by atoms with Crippen molar-refractivity contribution in [3.05, 3.63) is 100 Å². The van der Waals surface area contributed by atoms with Crippen molar-refractivity contribution in [2.75, 3.05) is 13.7 Å². The average Bonchev–Trinajstić information content (AvgIpc) is 2.83. The monoisotopic (exact) mass is 512 g/mol. The van der Waals surface area contributed by atoms with E-state index in [1.807, 2.05) is 12.1 Å². The van der Waals surface area contributed by atoms with Crippen molar-refractivity contribution >= 4 is 28.1 Å². The Morgan fingerprint density at radius 2 is 1.82 bits per heavy atom. The molecule has 0 saturated heterocycles. The molecule has 0 spiro atoms. The Balaban J connectivity index is 1.68. The molecular weight excluding hydrogens is 491 g/mol. The van der Waals surface area contributed by atoms with Crippen molar-refractivity contribution in [1.29, 1.82) is 0 Å². The summed E-state index contributed by atoms with van der Waals surface area (Å²) in [5.74, 6) is 0.781. The molecule has 0 bridgehead atoms. The van der Waals surface area contributed by atoms with Crippen LogP contribution in [-0.4, -0.2) is 25.8 Å². The average molecular weight is 513 g/mol. The van der Waals surface area contributed by atoms with Crippen LogP contribution in [0.4, 0.5) is 4.39 Å². The molecule has 6 nitrogen and oxygen atoms in total. The molecule has 0 radical (unpaired) electrons. The quantitative estimate of drug-likeness (QED) is 0.221. The first-order valence-electron chi connectivity index (χ1n) is 9.92. The number of carbonyl (C=O) groups excluding carboxylic acids is 1. The van der Waals surface area contributed by atoms with Gasteiger partial charge in [-0.1, -0.05) is 40.7 Å². The minimum atomic E-state index is -0.413. The number of hydrogen-bond donors (Lipinski definition) is 1. The van der Waals surface area contributed by atoms with E-state index in [1.165, 1.54) is 25.5 Å². The molecule has 0 aromatic heterocycles. The van der Waals surface area contributed by atoms with Gasteiger partial charge in [-0.15, -0.1) is 0 Å². The van der Waals surface area contributed by atoms with Crippen LogP contribution in [0.3, 0.4) is 0 Å². The molecular formula is C25H22BrFN2O4. The Labute approximate surface area is 199 Å². The number of nitrogens with zero attached hydrogens (tertiary/aromatic N) is 1. The second kappa shape index (κ2) is 11.8. The second-order valence-corrected chi connectivity index (χ2v) is 7.68. The standard InChI is InChI=1S/C25H22BrFN2O4/c1-3-12-32-23-10-6-18(14-24(23)31-2)25(30)29-28-15-19-13-20(26)7-11-22(19)33-16-17-4-8-21(27)9-5-17/h3-11,13-15H,1,12,16H2,2H3,(H,29,30)/b28-15+. The summed E-state index contributed by atoms with van der Waals surface area (Å²) in [4.78, 5) is 12.5. The topological polar surface area (TPSA) is 69.2 Å². The molecule has 1 N–H and O–H groups in total. The highest BCUT2D eigenvalue weighted by atomic mass is 79.9. The highest BCUT2D eigenvalue weighted by Crippen LogP contribution is 2.28. The number of hydrogen-bond acceptors (Lipinski definition) is 5. The van der Waals surface area contributed by atoms with Gasteiger partial charge in [-0.3, -0.25) is 4.79 Å². The molecule has 8 heteroatoms. The van der Waals surface area contributed by atoms with Gasteiger partial charge in [0.25, 0.3) is 5.91 Å². The largest absolute Gasteiger partial charge is 0.493 e. The van der Waals surface area contributed by atoms with Crippen molar-refractivity contribution in [2.24, 2.45) is 5.10 Å². The highest BCUT2D eigenvalue weighted by molar-refractivity contribution is 9.10. The van der Waals surface area contributed by atoms with Crippen LogP contribution in [-0.2, 0) is 6.61 Å². The van der Waals surface area contributed by atoms with Crippen molar-refractivity contribution in [3.63, 3.8) is 0 Å². The molecule has 33 heavy (non-hydrogen) atoms. The lowest BCUT2D eigenvalue weighted by atomic mass is 10.2. The molecule has 3 aromatic rings. The van der Waals surface area contributed by atoms with Gasteiger partial charge < -0.3 is 14.2 Å². The first-order valence-corrected chi connectivity index (χ1v) is 10.7. The Bertz CT molecular complexity index is 1150. The maximum absolute atomic E-state index is 13.1. The van der Waals surface area contributed by atoms with Gasteiger partial charge in [0.1, 0.15) is 24.8 Å². The molecule has 1 amide bonds. The number of halogens is 2. The lowest BCUT2D eigenvalue weighted by molar-refractivity contribution is 0.0954. The molecule has 0 aliphatic rings. The zero-order valence-electron chi connectivity index (χ0n) is 17.9. The molecule has 0 aliphatic heterocycles. The molecule has 0 aliphatic carbocycles. The zero-order valence-corrected chi connectivity index (χ0v) is 19.5. The van der Waals surface area contributed by atoms with E-state index < -0.39 is 5.91 Å². The Morgan fingerprint density at radius 1 is 1.06 bits per heavy atom. The SMILES string of the molecule is C=CCOc1ccc(C(=O)N/N=C/c2cc(Br)ccc2OCc2ccc(F)cc2)cc1OC. The van der Waals surface area contributed by atoms with Crippen LogP contribution in [0.2, 0.25) is 0 Å². The van der Waals surface area contributed by atoms with Crippen LogP contribution < -0.4 is 19.6 Å². The summed E-state index contributed by atoms with van der Waals surface area (Å²) < 4.78 is 30.5. The molecule has 0 saturated carbocycles. The van der Waals surface area contributed by atoms with Gasteiger partial charge in [-0.05, 0) is 54.1 Å². The third-order valence-corrected chi connectivity index (χ3v) is 4.92. The summed E-state index contributed by atoms with van der Waals surface area (Å²) in [6.07, 6.45) is 3.11. The number of benzene rings is 3. The van der Waals surface area contributed by atoms with Crippen LogP contribution in [0.5, 0.6) is 17.2 Å². The van der Waals surface area contributed by atoms with Crippen LogP contribution in [0.25, 0.3) is 0 Å². The first kappa shape index (κ1) is 24.0. The van der Waals surface area contributed by atoms with E-state index >= 15 is 0 Å². The second-order valence-electron chi connectivity index (χ2n) is 6.76. The summed E-state index contributed by atoms with van der Waals surface area (Å²) in [5, 5.41) is 4.05. The normalized spacial score (nSPS) is 10.6.